The Bertz CT molecular complexity index is 1470. The van der Waals surface area contributed by atoms with Crippen molar-refractivity contribution < 1.29 is 19.1 Å². The number of benzene rings is 3. The summed E-state index contributed by atoms with van der Waals surface area (Å²) in [6.07, 6.45) is 5.07. The van der Waals surface area contributed by atoms with Gasteiger partial charge >= 0.3 is 0 Å². The van der Waals surface area contributed by atoms with Gasteiger partial charge in [0.15, 0.2) is 11.5 Å². The minimum Gasteiger partial charge on any atom is -0.454 e. The molecule has 3 aromatic carbocycles. The van der Waals surface area contributed by atoms with E-state index in [1.807, 2.05) is 48.1 Å². The Morgan fingerprint density at radius 3 is 2.60 bits per heavy atom. The summed E-state index contributed by atoms with van der Waals surface area (Å²) in [7, 11) is 1.95. The predicted octanol–water partition coefficient (Wildman–Crippen LogP) is 3.83. The molecule has 0 aliphatic carbocycles. The molecule has 1 aromatic heterocycles. The zero-order valence-electron chi connectivity index (χ0n) is 18.9. The van der Waals surface area contributed by atoms with E-state index in [4.69, 9.17) is 9.47 Å². The van der Waals surface area contributed by atoms with Crippen LogP contribution in [-0.4, -0.2) is 29.4 Å². The van der Waals surface area contributed by atoms with Gasteiger partial charge in [0, 0.05) is 35.3 Å². The number of aromatic nitrogens is 1. The first kappa shape index (κ1) is 22.0. The fourth-order valence-electron chi connectivity index (χ4n) is 3.81. The molecule has 0 saturated heterocycles. The molecule has 1 aliphatic rings. The largest absolute Gasteiger partial charge is 0.454 e. The number of carbonyl (C=O) groups is 2. The molecule has 8 heteroatoms. The van der Waals surface area contributed by atoms with Crippen LogP contribution >= 0.6 is 0 Å². The molecule has 2 amide bonds. The number of hydrogen-bond donors (Lipinski definition) is 2. The Hall–Kier alpha value is -4.85. The Morgan fingerprint density at radius 1 is 0.971 bits per heavy atom. The second-order valence-electron chi connectivity index (χ2n) is 7.90. The van der Waals surface area contributed by atoms with Gasteiger partial charge in [0.05, 0.1) is 6.21 Å². The summed E-state index contributed by atoms with van der Waals surface area (Å²) in [4.78, 5) is 25.8. The summed E-state index contributed by atoms with van der Waals surface area (Å²) < 4.78 is 12.8. The minimum absolute atomic E-state index is 0.0350. The van der Waals surface area contributed by atoms with Gasteiger partial charge in [0.2, 0.25) is 6.79 Å². The van der Waals surface area contributed by atoms with Crippen LogP contribution in [0.25, 0.3) is 17.0 Å². The van der Waals surface area contributed by atoms with Gasteiger partial charge in [-0.05, 0) is 42.0 Å². The molecular weight excluding hydrogens is 444 g/mol. The van der Waals surface area contributed by atoms with Crippen molar-refractivity contribution in [2.45, 2.75) is 0 Å². The molecule has 2 heterocycles. The summed E-state index contributed by atoms with van der Waals surface area (Å²) in [6, 6.07) is 21.8. The van der Waals surface area contributed by atoms with Gasteiger partial charge < -0.3 is 19.4 Å². The lowest BCUT2D eigenvalue weighted by atomic mass is 10.1. The third kappa shape index (κ3) is 4.77. The number of amides is 2. The van der Waals surface area contributed by atoms with Crippen LogP contribution in [0.2, 0.25) is 0 Å². The van der Waals surface area contributed by atoms with Crippen LogP contribution in [0.3, 0.4) is 0 Å². The highest BCUT2D eigenvalue weighted by Gasteiger charge is 2.17. The van der Waals surface area contributed by atoms with Gasteiger partial charge in [-0.15, -0.1) is 0 Å². The van der Waals surface area contributed by atoms with Gasteiger partial charge in [-0.3, -0.25) is 9.59 Å². The molecule has 4 aromatic rings. The van der Waals surface area contributed by atoms with Crippen LogP contribution in [0.15, 0.2) is 89.8 Å². The number of rotatable bonds is 6. The molecule has 0 saturated carbocycles. The number of ether oxygens (including phenoxy) is 2. The summed E-state index contributed by atoms with van der Waals surface area (Å²) in [5.74, 6) is 0.220. The molecule has 0 bridgehead atoms. The zero-order valence-corrected chi connectivity index (χ0v) is 18.9. The number of nitrogens with one attached hydrogen (secondary N) is 2. The van der Waals surface area contributed by atoms with Gasteiger partial charge in [0.1, 0.15) is 5.70 Å². The molecule has 5 rings (SSSR count). The van der Waals surface area contributed by atoms with Crippen molar-refractivity contribution >= 4 is 35.0 Å². The Balaban J connectivity index is 1.39. The van der Waals surface area contributed by atoms with E-state index < -0.39 is 11.8 Å². The molecule has 0 spiro atoms. The topological polar surface area (TPSA) is 94.0 Å². The normalized spacial score (nSPS) is 12.8. The maximum atomic E-state index is 13.0. The predicted molar refractivity (Wildman–Crippen MR) is 133 cm³/mol. The fourth-order valence-corrected chi connectivity index (χ4v) is 3.81. The van der Waals surface area contributed by atoms with Crippen molar-refractivity contribution in [2.24, 2.45) is 12.1 Å². The summed E-state index contributed by atoms with van der Waals surface area (Å²) in [5, 5.41) is 7.84. The molecule has 0 radical (unpaired) electrons. The number of hydrazone groups is 1. The fraction of sp³-hybridized carbons (Fsp3) is 0.0741. The Labute approximate surface area is 201 Å². The Kier molecular flexibility index (Phi) is 6.00. The monoisotopic (exact) mass is 466 g/mol. The SMILES string of the molecule is Cn1cc(/C=N/NC(=O)/C(=C\c2ccc3c(c2)OCO3)NC(=O)c2ccccc2)c2ccccc21. The van der Waals surface area contributed by atoms with E-state index in [-0.39, 0.29) is 12.5 Å². The van der Waals surface area contributed by atoms with Crippen LogP contribution in [0.4, 0.5) is 0 Å². The molecule has 35 heavy (non-hydrogen) atoms. The lowest BCUT2D eigenvalue weighted by molar-refractivity contribution is -0.117. The number of hydrogen-bond acceptors (Lipinski definition) is 5. The van der Waals surface area contributed by atoms with Crippen molar-refractivity contribution in [3.63, 3.8) is 0 Å². The molecule has 1 aliphatic heterocycles. The molecular formula is C27H22N4O4. The highest BCUT2D eigenvalue weighted by atomic mass is 16.7. The van der Waals surface area contributed by atoms with Crippen molar-refractivity contribution in [2.75, 3.05) is 6.79 Å². The van der Waals surface area contributed by atoms with Crippen molar-refractivity contribution in [3.8, 4) is 11.5 Å². The van der Waals surface area contributed by atoms with Crippen LogP contribution in [0, 0.1) is 0 Å². The number of carbonyl (C=O) groups excluding carboxylic acids is 2. The van der Waals surface area contributed by atoms with E-state index in [1.165, 1.54) is 0 Å². The third-order valence-electron chi connectivity index (χ3n) is 5.53. The first-order chi connectivity index (χ1) is 17.1. The molecule has 2 N–H and O–H groups in total. The van der Waals surface area contributed by atoms with Crippen LogP contribution in [-0.2, 0) is 11.8 Å². The highest BCUT2D eigenvalue weighted by Crippen LogP contribution is 2.33. The smallest absolute Gasteiger partial charge is 0.287 e. The minimum atomic E-state index is -0.566. The number of fused-ring (bicyclic) bond motifs is 2. The van der Waals surface area contributed by atoms with E-state index in [1.54, 1.807) is 54.8 Å². The lowest BCUT2D eigenvalue weighted by Crippen LogP contribution is -2.32. The summed E-state index contributed by atoms with van der Waals surface area (Å²) >= 11 is 0. The van der Waals surface area contributed by atoms with Crippen LogP contribution < -0.4 is 20.2 Å². The van der Waals surface area contributed by atoms with Crippen LogP contribution in [0.5, 0.6) is 11.5 Å². The quantitative estimate of drug-likeness (QED) is 0.257. The van der Waals surface area contributed by atoms with Crippen molar-refractivity contribution in [1.29, 1.82) is 0 Å². The third-order valence-corrected chi connectivity index (χ3v) is 5.53. The second-order valence-corrected chi connectivity index (χ2v) is 7.90. The summed E-state index contributed by atoms with van der Waals surface area (Å²) in [6.45, 7) is 0.142. The number of aryl methyl sites for hydroxylation is 1. The maximum Gasteiger partial charge on any atom is 0.287 e. The maximum absolute atomic E-state index is 13.0. The average molecular weight is 466 g/mol. The standard InChI is InChI=1S/C27H22N4O4/c1-31-16-20(21-9-5-6-10-23(21)31)15-28-30-27(33)22(29-26(32)19-7-3-2-4-8-19)13-18-11-12-24-25(14-18)35-17-34-24/h2-16H,17H2,1H3,(H,29,32)(H,30,33)/b22-13+,28-15+. The van der Waals surface area contributed by atoms with E-state index in [2.05, 4.69) is 15.8 Å². The number of nitrogens with zero attached hydrogens (tertiary/aromatic N) is 2. The van der Waals surface area contributed by atoms with Gasteiger partial charge in [-0.25, -0.2) is 5.43 Å². The van der Waals surface area contributed by atoms with E-state index in [0.29, 0.717) is 22.6 Å². The van der Waals surface area contributed by atoms with E-state index >= 15 is 0 Å². The van der Waals surface area contributed by atoms with Gasteiger partial charge in [-0.2, -0.15) is 5.10 Å². The zero-order chi connectivity index (χ0) is 24.2. The molecule has 8 nitrogen and oxygen atoms in total. The molecule has 0 fully saturated rings. The highest BCUT2D eigenvalue weighted by molar-refractivity contribution is 6.06. The average Bonchev–Trinajstić information content (AvgIpc) is 3.48. The number of para-hydroxylation sites is 1. The molecule has 174 valence electrons. The van der Waals surface area contributed by atoms with Gasteiger partial charge in [0.25, 0.3) is 11.8 Å². The van der Waals surface area contributed by atoms with Crippen molar-refractivity contribution in [1.82, 2.24) is 15.3 Å². The first-order valence-electron chi connectivity index (χ1n) is 10.9. The Morgan fingerprint density at radius 2 is 1.74 bits per heavy atom. The molecule has 0 atom stereocenters. The molecule has 0 unspecified atom stereocenters. The van der Waals surface area contributed by atoms with Gasteiger partial charge in [-0.1, -0.05) is 42.5 Å². The summed E-state index contributed by atoms with van der Waals surface area (Å²) in [5.41, 5.74) is 5.55. The van der Waals surface area contributed by atoms with Crippen LogP contribution in [0.1, 0.15) is 21.5 Å². The second kappa shape index (κ2) is 9.56. The van der Waals surface area contributed by atoms with E-state index in [0.717, 1.165) is 16.5 Å². The first-order valence-corrected chi connectivity index (χ1v) is 10.9. The lowest BCUT2D eigenvalue weighted by Gasteiger charge is -2.09. The van der Waals surface area contributed by atoms with E-state index in [9.17, 15) is 9.59 Å². The van der Waals surface area contributed by atoms with Crippen molar-refractivity contribution in [3.05, 3.63) is 101 Å².